The fourth-order valence-electron chi connectivity index (χ4n) is 4.85. The second kappa shape index (κ2) is 10.4. The van der Waals surface area contributed by atoms with Crippen molar-refractivity contribution in [1.82, 2.24) is 15.1 Å². The Morgan fingerprint density at radius 1 is 1.00 bits per heavy atom. The molecule has 1 aliphatic carbocycles. The van der Waals surface area contributed by atoms with Crippen molar-refractivity contribution < 1.29 is 27.9 Å². The lowest BCUT2D eigenvalue weighted by Gasteiger charge is -2.37. The van der Waals surface area contributed by atoms with Crippen LogP contribution in [0.2, 0.25) is 0 Å². The number of benzene rings is 2. The number of amides is 1. The third-order valence-corrected chi connectivity index (χ3v) is 7.11. The Balaban J connectivity index is 1.61. The van der Waals surface area contributed by atoms with Crippen molar-refractivity contribution in [3.05, 3.63) is 76.7 Å². The number of carboxylic acid groups (broad SMARTS) is 1. The largest absolute Gasteiger partial charge is 0.478 e. The molecule has 1 aliphatic rings. The molecule has 0 atom stereocenters. The van der Waals surface area contributed by atoms with E-state index in [2.05, 4.69) is 31.2 Å². The highest BCUT2D eigenvalue weighted by Crippen LogP contribution is 2.37. The van der Waals surface area contributed by atoms with Gasteiger partial charge < -0.3 is 10.4 Å². The first-order valence-corrected chi connectivity index (χ1v) is 12.3. The van der Waals surface area contributed by atoms with E-state index in [9.17, 15) is 22.8 Å². The summed E-state index contributed by atoms with van der Waals surface area (Å²) in [6, 6.07) is 9.20. The van der Waals surface area contributed by atoms with E-state index in [0.29, 0.717) is 11.5 Å². The zero-order valence-corrected chi connectivity index (χ0v) is 21.0. The number of hydrogen-bond donors (Lipinski definition) is 2. The number of halogens is 3. The first-order valence-electron chi connectivity index (χ1n) is 12.3. The van der Waals surface area contributed by atoms with Gasteiger partial charge in [0, 0.05) is 11.6 Å². The Morgan fingerprint density at radius 3 is 2.14 bits per heavy atom. The van der Waals surface area contributed by atoms with E-state index >= 15 is 0 Å². The minimum atomic E-state index is -1.58. The van der Waals surface area contributed by atoms with Crippen LogP contribution in [-0.4, -0.2) is 32.8 Å². The zero-order chi connectivity index (χ0) is 26.9. The number of nitrogens with zero attached hydrogens (tertiary/aromatic N) is 2. The minimum absolute atomic E-state index is 0.00360. The topological polar surface area (TPSA) is 84.2 Å². The van der Waals surface area contributed by atoms with Crippen LogP contribution in [0.5, 0.6) is 0 Å². The number of hydrogen-bond acceptors (Lipinski definition) is 3. The Hall–Kier alpha value is -3.62. The van der Waals surface area contributed by atoms with Crippen molar-refractivity contribution in [3.8, 4) is 11.3 Å². The van der Waals surface area contributed by atoms with Crippen molar-refractivity contribution in [1.29, 1.82) is 0 Å². The molecule has 0 radical (unpaired) electrons. The van der Waals surface area contributed by atoms with E-state index in [1.54, 1.807) is 12.1 Å². The van der Waals surface area contributed by atoms with Gasteiger partial charge in [-0.25, -0.2) is 18.0 Å². The third kappa shape index (κ3) is 6.03. The van der Waals surface area contributed by atoms with Crippen LogP contribution in [0.15, 0.2) is 42.5 Å². The molecule has 0 saturated heterocycles. The average Bonchev–Trinajstić information content (AvgIpc) is 3.26. The molecule has 1 saturated carbocycles. The molecular formula is C28H30F3N3O3. The molecule has 0 spiro atoms. The van der Waals surface area contributed by atoms with Crippen LogP contribution in [0.1, 0.15) is 72.9 Å². The van der Waals surface area contributed by atoms with E-state index in [0.717, 1.165) is 37.8 Å². The average molecular weight is 514 g/mol. The maximum atomic E-state index is 13.9. The number of nitrogens with one attached hydrogen (secondary N) is 1. The van der Waals surface area contributed by atoms with Gasteiger partial charge in [-0.05, 0) is 72.9 Å². The summed E-state index contributed by atoms with van der Waals surface area (Å²) < 4.78 is 42.7. The summed E-state index contributed by atoms with van der Waals surface area (Å²) in [6.07, 6.45) is 3.70. The van der Waals surface area contributed by atoms with Gasteiger partial charge in [-0.1, -0.05) is 32.9 Å². The predicted molar refractivity (Wildman–Crippen MR) is 133 cm³/mol. The summed E-state index contributed by atoms with van der Waals surface area (Å²) in [6.45, 7) is 6.79. The quantitative estimate of drug-likeness (QED) is 0.393. The molecule has 2 N–H and O–H groups in total. The molecule has 0 bridgehead atoms. The van der Waals surface area contributed by atoms with Crippen LogP contribution in [0.3, 0.4) is 0 Å². The lowest BCUT2D eigenvalue weighted by atomic mass is 9.71. The van der Waals surface area contributed by atoms with Crippen LogP contribution in [0.4, 0.5) is 13.2 Å². The molecule has 37 heavy (non-hydrogen) atoms. The van der Waals surface area contributed by atoms with Gasteiger partial charge in [0.05, 0.1) is 17.8 Å². The van der Waals surface area contributed by atoms with E-state index in [-0.39, 0.29) is 46.4 Å². The van der Waals surface area contributed by atoms with Gasteiger partial charge >= 0.3 is 5.97 Å². The van der Waals surface area contributed by atoms with Crippen LogP contribution in [0.25, 0.3) is 11.3 Å². The van der Waals surface area contributed by atoms with Gasteiger partial charge in [0.25, 0.3) is 5.91 Å². The molecule has 0 unspecified atom stereocenters. The molecule has 1 fully saturated rings. The smallest absolute Gasteiger partial charge is 0.335 e. The Kier molecular flexibility index (Phi) is 7.43. The first-order chi connectivity index (χ1) is 17.4. The fourth-order valence-corrected chi connectivity index (χ4v) is 4.85. The van der Waals surface area contributed by atoms with E-state index in [1.807, 2.05) is 0 Å². The molecule has 196 valence electrons. The van der Waals surface area contributed by atoms with Crippen LogP contribution in [-0.2, 0) is 6.54 Å². The molecule has 0 aliphatic heterocycles. The summed E-state index contributed by atoms with van der Waals surface area (Å²) in [5, 5.41) is 16.6. The summed E-state index contributed by atoms with van der Waals surface area (Å²) in [5.74, 6) is -5.14. The van der Waals surface area contributed by atoms with Crippen LogP contribution < -0.4 is 5.32 Å². The lowest BCUT2D eigenvalue weighted by Crippen LogP contribution is -2.40. The monoisotopic (exact) mass is 513 g/mol. The number of carbonyl (C=O) groups excluding carboxylic acids is 1. The second-order valence-corrected chi connectivity index (χ2v) is 10.7. The van der Waals surface area contributed by atoms with Gasteiger partial charge in [-0.3, -0.25) is 9.48 Å². The lowest BCUT2D eigenvalue weighted by molar-refractivity contribution is 0.0696. The van der Waals surface area contributed by atoms with Gasteiger partial charge in [-0.15, -0.1) is 0 Å². The van der Waals surface area contributed by atoms with Crippen molar-refractivity contribution in [2.24, 2.45) is 11.3 Å². The minimum Gasteiger partial charge on any atom is -0.478 e. The van der Waals surface area contributed by atoms with Gasteiger partial charge in [0.15, 0.2) is 17.5 Å². The highest BCUT2D eigenvalue weighted by Gasteiger charge is 2.31. The maximum absolute atomic E-state index is 13.9. The zero-order valence-electron chi connectivity index (χ0n) is 21.0. The standard InChI is InChI=1S/C28H30F3N3O3/c1-28(2,3)19-8-10-20(11-9-19)32-26(35)24-14-23(18-12-21(29)25(31)22(30)13-18)33-34(24)15-16-4-6-17(7-5-16)27(36)37/h4-7,12-14,19-20H,8-11,15H2,1-3H3,(H,32,35)(H,36,37). The molecule has 2 aromatic carbocycles. The summed E-state index contributed by atoms with van der Waals surface area (Å²) >= 11 is 0. The Morgan fingerprint density at radius 2 is 1.59 bits per heavy atom. The summed E-state index contributed by atoms with van der Waals surface area (Å²) in [4.78, 5) is 24.5. The predicted octanol–water partition coefficient (Wildman–Crippen LogP) is 6.05. The van der Waals surface area contributed by atoms with Crippen molar-refractivity contribution in [3.63, 3.8) is 0 Å². The number of carbonyl (C=O) groups is 2. The summed E-state index contributed by atoms with van der Waals surface area (Å²) in [7, 11) is 0. The molecule has 9 heteroatoms. The van der Waals surface area contributed by atoms with E-state index in [4.69, 9.17) is 5.11 Å². The SMILES string of the molecule is CC(C)(C)C1CCC(NC(=O)c2cc(-c3cc(F)c(F)c(F)c3)nn2Cc2ccc(C(=O)O)cc2)CC1. The molecule has 3 aromatic rings. The van der Waals surface area contributed by atoms with Gasteiger partial charge in [-0.2, -0.15) is 5.10 Å². The Labute approximate surface area is 213 Å². The first kappa shape index (κ1) is 26.4. The van der Waals surface area contributed by atoms with Gasteiger partial charge in [0.2, 0.25) is 0 Å². The van der Waals surface area contributed by atoms with Crippen molar-refractivity contribution in [2.75, 3.05) is 0 Å². The molecular weight excluding hydrogens is 483 g/mol. The molecule has 1 heterocycles. The molecule has 4 rings (SSSR count). The van der Waals surface area contributed by atoms with Crippen LogP contribution in [0, 0.1) is 28.8 Å². The molecule has 1 aromatic heterocycles. The van der Waals surface area contributed by atoms with E-state index in [1.165, 1.54) is 22.9 Å². The van der Waals surface area contributed by atoms with Crippen molar-refractivity contribution in [2.45, 2.75) is 59.0 Å². The third-order valence-electron chi connectivity index (χ3n) is 7.11. The highest BCUT2D eigenvalue weighted by atomic mass is 19.2. The normalized spacial score (nSPS) is 18.0. The number of aromatic carboxylic acids is 1. The molecule has 1 amide bonds. The second-order valence-electron chi connectivity index (χ2n) is 10.7. The molecule has 6 nitrogen and oxygen atoms in total. The van der Waals surface area contributed by atoms with Crippen LogP contribution >= 0.6 is 0 Å². The van der Waals surface area contributed by atoms with Gasteiger partial charge in [0.1, 0.15) is 5.69 Å². The fraction of sp³-hybridized carbons (Fsp3) is 0.393. The Bertz CT molecular complexity index is 1280. The van der Waals surface area contributed by atoms with Crippen molar-refractivity contribution >= 4 is 11.9 Å². The number of aromatic nitrogens is 2. The number of rotatable bonds is 6. The highest BCUT2D eigenvalue weighted by molar-refractivity contribution is 5.94. The number of carboxylic acids is 1. The summed E-state index contributed by atoms with van der Waals surface area (Å²) in [5.41, 5.74) is 1.29. The maximum Gasteiger partial charge on any atom is 0.335 e. The van der Waals surface area contributed by atoms with E-state index < -0.39 is 23.4 Å².